The number of nitrogens with one attached hydrogen (secondary N) is 1. The van der Waals surface area contributed by atoms with Gasteiger partial charge in [-0.1, -0.05) is 12.6 Å². The van der Waals surface area contributed by atoms with E-state index >= 15 is 0 Å². The number of methoxy groups -OCH3 is 1. The zero-order valence-electron chi connectivity index (χ0n) is 14.6. The number of benzene rings is 1. The molecule has 0 saturated carbocycles. The maximum Gasteiger partial charge on any atom is 0.299 e. The number of amides is 1. The maximum absolute atomic E-state index is 12.9. The lowest BCUT2D eigenvalue weighted by atomic mass is 10.2. The van der Waals surface area contributed by atoms with Crippen LogP contribution in [0.2, 0.25) is 0 Å². The van der Waals surface area contributed by atoms with Crippen molar-refractivity contribution in [3.8, 4) is 11.4 Å². The first-order chi connectivity index (χ1) is 12.9. The molecule has 0 aliphatic rings. The fourth-order valence-corrected chi connectivity index (χ4v) is 2.91. The lowest BCUT2D eigenvalue weighted by molar-refractivity contribution is -0.111. The van der Waals surface area contributed by atoms with Crippen LogP contribution in [0.25, 0.3) is 16.7 Å². The number of nitrogens with zero attached hydrogens (tertiary/aromatic N) is 3. The SMILES string of the molecule is C=CC(=O)Nc1cccc(-n2c(=O)c(OC)cc3cnc(S(C)=O)nc32)c1. The molecule has 0 bridgehead atoms. The van der Waals surface area contributed by atoms with E-state index < -0.39 is 16.4 Å². The smallest absolute Gasteiger partial charge is 0.299 e. The van der Waals surface area contributed by atoms with Gasteiger partial charge in [0.25, 0.3) is 5.56 Å². The molecule has 0 fully saturated rings. The molecule has 1 aromatic carbocycles. The Bertz CT molecular complexity index is 1140. The largest absolute Gasteiger partial charge is 0.491 e. The number of carbonyl (C=O) groups is 1. The molecule has 3 rings (SSSR count). The number of anilines is 1. The molecule has 1 amide bonds. The number of ether oxygens (including phenoxy) is 1. The van der Waals surface area contributed by atoms with Crippen molar-refractivity contribution in [2.24, 2.45) is 0 Å². The quantitative estimate of drug-likeness (QED) is 0.530. The van der Waals surface area contributed by atoms with Gasteiger partial charge in [-0.2, -0.15) is 0 Å². The highest BCUT2D eigenvalue weighted by Crippen LogP contribution is 2.21. The van der Waals surface area contributed by atoms with E-state index in [1.165, 1.54) is 30.2 Å². The zero-order chi connectivity index (χ0) is 19.6. The molecule has 1 atom stereocenters. The first-order valence-electron chi connectivity index (χ1n) is 7.78. The van der Waals surface area contributed by atoms with Crippen LogP contribution in [0.5, 0.6) is 5.75 Å². The van der Waals surface area contributed by atoms with Gasteiger partial charge in [-0.15, -0.1) is 0 Å². The van der Waals surface area contributed by atoms with Crippen molar-refractivity contribution >= 4 is 33.4 Å². The molecule has 0 aliphatic carbocycles. The van der Waals surface area contributed by atoms with Crippen LogP contribution in [0.15, 0.2) is 59.1 Å². The third-order valence-corrected chi connectivity index (χ3v) is 4.43. The predicted molar refractivity (Wildman–Crippen MR) is 103 cm³/mol. The van der Waals surface area contributed by atoms with Crippen LogP contribution in [0.4, 0.5) is 5.69 Å². The minimum absolute atomic E-state index is 0.108. The van der Waals surface area contributed by atoms with E-state index in [2.05, 4.69) is 21.9 Å². The molecule has 1 N–H and O–H groups in total. The highest BCUT2D eigenvalue weighted by Gasteiger charge is 2.15. The first kappa shape index (κ1) is 18.5. The average Bonchev–Trinajstić information content (AvgIpc) is 2.67. The lowest BCUT2D eigenvalue weighted by Crippen LogP contribution is -2.21. The number of hydrogen-bond acceptors (Lipinski definition) is 6. The highest BCUT2D eigenvalue weighted by atomic mass is 32.2. The Labute approximate surface area is 157 Å². The molecule has 27 heavy (non-hydrogen) atoms. The average molecular weight is 384 g/mol. The van der Waals surface area contributed by atoms with Crippen molar-refractivity contribution in [1.82, 2.24) is 14.5 Å². The zero-order valence-corrected chi connectivity index (χ0v) is 15.4. The van der Waals surface area contributed by atoms with Gasteiger partial charge in [-0.3, -0.25) is 18.4 Å². The summed E-state index contributed by atoms with van der Waals surface area (Å²) in [6.07, 6.45) is 4.09. The number of pyridine rings is 1. The molecule has 0 saturated heterocycles. The van der Waals surface area contributed by atoms with E-state index in [9.17, 15) is 13.8 Å². The second kappa shape index (κ2) is 7.50. The second-order valence-corrected chi connectivity index (χ2v) is 6.76. The Morgan fingerprint density at radius 2 is 2.15 bits per heavy atom. The summed E-state index contributed by atoms with van der Waals surface area (Å²) in [5.41, 5.74) is 0.780. The van der Waals surface area contributed by atoms with Crippen molar-refractivity contribution < 1.29 is 13.7 Å². The molecule has 0 aliphatic heterocycles. The Balaban J connectivity index is 2.30. The van der Waals surface area contributed by atoms with Crippen LogP contribution in [0, 0.1) is 0 Å². The van der Waals surface area contributed by atoms with Crippen molar-refractivity contribution in [1.29, 1.82) is 0 Å². The molecule has 2 heterocycles. The predicted octanol–water partition coefficient (Wildman–Crippen LogP) is 1.65. The van der Waals surface area contributed by atoms with Gasteiger partial charge in [0.15, 0.2) is 11.4 Å². The number of rotatable bonds is 5. The van der Waals surface area contributed by atoms with Crippen LogP contribution in [0.1, 0.15) is 0 Å². The summed E-state index contributed by atoms with van der Waals surface area (Å²) in [5.74, 6) is -0.266. The summed E-state index contributed by atoms with van der Waals surface area (Å²) in [6, 6.07) is 8.20. The molecule has 0 radical (unpaired) electrons. The number of hydrogen-bond donors (Lipinski definition) is 1. The van der Waals surface area contributed by atoms with Gasteiger partial charge in [0.1, 0.15) is 0 Å². The lowest BCUT2D eigenvalue weighted by Gasteiger charge is -2.13. The Morgan fingerprint density at radius 3 is 2.81 bits per heavy atom. The molecule has 0 spiro atoms. The minimum atomic E-state index is -1.41. The second-order valence-electron chi connectivity index (χ2n) is 5.48. The number of carbonyl (C=O) groups excluding carboxylic acids is 1. The molecule has 138 valence electrons. The van der Waals surface area contributed by atoms with Crippen LogP contribution in [0.3, 0.4) is 0 Å². The Morgan fingerprint density at radius 1 is 1.37 bits per heavy atom. The molecule has 8 nitrogen and oxygen atoms in total. The molecule has 2 aromatic heterocycles. The van der Waals surface area contributed by atoms with Crippen LogP contribution >= 0.6 is 0 Å². The molecular formula is C18H16N4O4S. The van der Waals surface area contributed by atoms with Crippen LogP contribution < -0.4 is 15.6 Å². The van der Waals surface area contributed by atoms with E-state index in [1.54, 1.807) is 24.3 Å². The number of fused-ring (bicyclic) bond motifs is 1. The van der Waals surface area contributed by atoms with Crippen LogP contribution in [-0.2, 0) is 15.6 Å². The third kappa shape index (κ3) is 3.63. The fraction of sp³-hybridized carbons (Fsp3) is 0.111. The van der Waals surface area contributed by atoms with Crippen molar-refractivity contribution in [3.63, 3.8) is 0 Å². The Kier molecular flexibility index (Phi) is 5.13. The first-order valence-corrected chi connectivity index (χ1v) is 9.34. The van der Waals surface area contributed by atoms with E-state index in [0.29, 0.717) is 16.8 Å². The summed E-state index contributed by atoms with van der Waals surface area (Å²) in [6.45, 7) is 3.41. The maximum atomic E-state index is 12.9. The molecular weight excluding hydrogens is 368 g/mol. The van der Waals surface area contributed by atoms with Crippen molar-refractivity contribution in [2.75, 3.05) is 18.7 Å². The molecule has 3 aromatic rings. The standard InChI is InChI=1S/C18H16N4O4S/c1-4-15(23)20-12-6-5-7-13(9-12)22-16-11(8-14(26-2)17(22)24)10-19-18(21-16)27(3)25/h4-10H,1H2,2-3H3,(H,20,23). The topological polar surface area (TPSA) is 103 Å². The van der Waals surface area contributed by atoms with Gasteiger partial charge in [-0.05, 0) is 30.3 Å². The summed E-state index contributed by atoms with van der Waals surface area (Å²) in [4.78, 5) is 32.8. The summed E-state index contributed by atoms with van der Waals surface area (Å²) in [5, 5.41) is 3.29. The van der Waals surface area contributed by atoms with Gasteiger partial charge in [0.2, 0.25) is 11.1 Å². The van der Waals surface area contributed by atoms with Gasteiger partial charge >= 0.3 is 0 Å². The van der Waals surface area contributed by atoms with E-state index in [1.807, 2.05) is 0 Å². The van der Waals surface area contributed by atoms with Gasteiger partial charge in [0.05, 0.1) is 23.6 Å². The summed E-state index contributed by atoms with van der Waals surface area (Å²) >= 11 is 0. The Hall–Kier alpha value is -3.33. The van der Waals surface area contributed by atoms with E-state index in [-0.39, 0.29) is 22.5 Å². The third-order valence-electron chi connectivity index (χ3n) is 3.72. The van der Waals surface area contributed by atoms with Crippen molar-refractivity contribution in [3.05, 3.63) is 59.5 Å². The van der Waals surface area contributed by atoms with Gasteiger partial charge < -0.3 is 10.1 Å². The minimum Gasteiger partial charge on any atom is -0.491 e. The van der Waals surface area contributed by atoms with E-state index in [4.69, 9.17) is 4.74 Å². The molecule has 9 heteroatoms. The summed E-state index contributed by atoms with van der Waals surface area (Å²) < 4.78 is 18.3. The normalized spacial score (nSPS) is 11.8. The monoisotopic (exact) mass is 384 g/mol. The fourth-order valence-electron chi connectivity index (χ4n) is 2.50. The van der Waals surface area contributed by atoms with Crippen LogP contribution in [-0.4, -0.2) is 38.0 Å². The number of aromatic nitrogens is 3. The van der Waals surface area contributed by atoms with E-state index in [0.717, 1.165) is 6.08 Å². The van der Waals surface area contributed by atoms with Crippen molar-refractivity contribution in [2.45, 2.75) is 5.16 Å². The molecule has 1 unspecified atom stereocenters. The van der Waals surface area contributed by atoms with Gasteiger partial charge in [-0.25, -0.2) is 9.97 Å². The summed E-state index contributed by atoms with van der Waals surface area (Å²) in [7, 11) is -0.0210. The van der Waals surface area contributed by atoms with Gasteiger partial charge in [0, 0.05) is 23.5 Å². The highest BCUT2D eigenvalue weighted by molar-refractivity contribution is 7.84.